The zero-order chi connectivity index (χ0) is 15.9. The van der Waals surface area contributed by atoms with Gasteiger partial charge in [-0.15, -0.1) is 0 Å². The highest BCUT2D eigenvalue weighted by Crippen LogP contribution is 2.26. The Kier molecular flexibility index (Phi) is 5.98. The van der Waals surface area contributed by atoms with Gasteiger partial charge in [-0.2, -0.15) is 0 Å². The molecule has 0 saturated carbocycles. The molecule has 0 aromatic heterocycles. The van der Waals surface area contributed by atoms with E-state index in [2.05, 4.69) is 15.9 Å². The fraction of sp³-hybridized carbons (Fsp3) is 0.235. The van der Waals surface area contributed by atoms with Crippen molar-refractivity contribution >= 4 is 21.9 Å². The van der Waals surface area contributed by atoms with Crippen LogP contribution in [0.1, 0.15) is 15.9 Å². The summed E-state index contributed by atoms with van der Waals surface area (Å²) in [4.78, 5) is 12.1. The molecule has 2 aromatic rings. The van der Waals surface area contributed by atoms with Gasteiger partial charge in [0.25, 0.3) is 0 Å². The lowest BCUT2D eigenvalue weighted by atomic mass is 10.2. The largest absolute Gasteiger partial charge is 0.490 e. The smallest absolute Gasteiger partial charge is 0.343 e. The van der Waals surface area contributed by atoms with E-state index < -0.39 is 5.97 Å². The Labute approximate surface area is 138 Å². The maximum absolute atomic E-state index is 12.1. The van der Waals surface area contributed by atoms with Crippen LogP contribution in [-0.4, -0.2) is 26.3 Å². The van der Waals surface area contributed by atoms with Crippen LogP contribution in [0.3, 0.4) is 0 Å². The maximum atomic E-state index is 12.1. The van der Waals surface area contributed by atoms with Crippen LogP contribution in [0.15, 0.2) is 46.9 Å². The molecule has 0 aliphatic rings. The second kappa shape index (κ2) is 7.96. The van der Waals surface area contributed by atoms with Crippen LogP contribution in [0.2, 0.25) is 0 Å². The first-order valence-corrected chi connectivity index (χ1v) is 7.59. The van der Waals surface area contributed by atoms with Crippen LogP contribution in [0, 0.1) is 6.92 Å². The Bertz CT molecular complexity index is 655. The third-order valence-electron chi connectivity index (χ3n) is 2.91. The Morgan fingerprint density at radius 1 is 1.14 bits per heavy atom. The quantitative estimate of drug-likeness (QED) is 0.441. The molecule has 0 N–H and O–H groups in total. The van der Waals surface area contributed by atoms with Crippen molar-refractivity contribution in [2.45, 2.75) is 6.92 Å². The molecule has 0 bridgehead atoms. The van der Waals surface area contributed by atoms with Gasteiger partial charge in [-0.3, -0.25) is 0 Å². The lowest BCUT2D eigenvalue weighted by molar-refractivity contribution is 0.0734. The summed E-state index contributed by atoms with van der Waals surface area (Å²) in [5.74, 6) is 0.778. The fourth-order valence-electron chi connectivity index (χ4n) is 1.82. The minimum atomic E-state index is -0.408. The second-order valence-electron chi connectivity index (χ2n) is 4.69. The van der Waals surface area contributed by atoms with Gasteiger partial charge in [-0.25, -0.2) is 4.79 Å². The summed E-state index contributed by atoms with van der Waals surface area (Å²) in [5, 5.41) is 0. The summed E-state index contributed by atoms with van der Waals surface area (Å²) in [5.41, 5.74) is 1.49. The van der Waals surface area contributed by atoms with E-state index in [0.29, 0.717) is 34.7 Å². The van der Waals surface area contributed by atoms with Gasteiger partial charge in [0.05, 0.1) is 16.6 Å². The average Bonchev–Trinajstić information content (AvgIpc) is 2.49. The topological polar surface area (TPSA) is 44.8 Å². The number of benzene rings is 2. The van der Waals surface area contributed by atoms with Gasteiger partial charge in [-0.1, -0.05) is 12.1 Å². The molecule has 4 nitrogen and oxygen atoms in total. The molecule has 0 atom stereocenters. The Hall–Kier alpha value is -1.85. The average molecular weight is 365 g/mol. The summed E-state index contributed by atoms with van der Waals surface area (Å²) in [6.45, 7) is 2.89. The molecule has 0 heterocycles. The SMILES string of the molecule is COCCOc1ccc(C(=O)Oc2cccc(C)c2)cc1Br. The van der Waals surface area contributed by atoms with Crippen LogP contribution in [0.5, 0.6) is 11.5 Å². The monoisotopic (exact) mass is 364 g/mol. The number of hydrogen-bond donors (Lipinski definition) is 0. The summed E-state index contributed by atoms with van der Waals surface area (Å²) in [6, 6.07) is 12.4. The standard InChI is InChI=1S/C17H17BrO4/c1-12-4-3-5-14(10-12)22-17(19)13-6-7-16(15(18)11-13)21-9-8-20-2/h3-7,10-11H,8-9H2,1-2H3. The number of esters is 1. The molecule has 0 radical (unpaired) electrons. The van der Waals surface area contributed by atoms with Gasteiger partial charge in [0, 0.05) is 7.11 Å². The number of rotatable bonds is 6. The molecule has 0 spiro atoms. The molecule has 0 unspecified atom stereocenters. The van der Waals surface area contributed by atoms with Crippen molar-refractivity contribution in [2.75, 3.05) is 20.3 Å². The van der Waals surface area contributed by atoms with Crippen LogP contribution in [0.25, 0.3) is 0 Å². The lowest BCUT2D eigenvalue weighted by Crippen LogP contribution is -2.09. The highest BCUT2D eigenvalue weighted by molar-refractivity contribution is 9.10. The predicted octanol–water partition coefficient (Wildman–Crippen LogP) is 4.00. The van der Waals surface area contributed by atoms with Gasteiger partial charge in [-0.05, 0) is 58.7 Å². The highest BCUT2D eigenvalue weighted by Gasteiger charge is 2.11. The van der Waals surface area contributed by atoms with Crippen LogP contribution >= 0.6 is 15.9 Å². The second-order valence-corrected chi connectivity index (χ2v) is 5.55. The molecule has 0 saturated heterocycles. The number of ether oxygens (including phenoxy) is 3. The van der Waals surface area contributed by atoms with E-state index in [-0.39, 0.29) is 0 Å². The number of aryl methyl sites for hydroxylation is 1. The third kappa shape index (κ3) is 4.58. The molecule has 2 aromatic carbocycles. The minimum absolute atomic E-state index is 0.408. The van der Waals surface area contributed by atoms with E-state index in [1.165, 1.54) is 0 Å². The molecule has 5 heteroatoms. The van der Waals surface area contributed by atoms with Gasteiger partial charge < -0.3 is 14.2 Å². The van der Waals surface area contributed by atoms with E-state index in [0.717, 1.165) is 5.56 Å². The fourth-order valence-corrected chi connectivity index (χ4v) is 2.32. The zero-order valence-electron chi connectivity index (χ0n) is 12.5. The van der Waals surface area contributed by atoms with Gasteiger partial charge >= 0.3 is 5.97 Å². The lowest BCUT2D eigenvalue weighted by Gasteiger charge is -2.09. The highest BCUT2D eigenvalue weighted by atomic mass is 79.9. The molecule has 2 rings (SSSR count). The summed E-state index contributed by atoms with van der Waals surface area (Å²) in [6.07, 6.45) is 0. The number of carbonyl (C=O) groups excluding carboxylic acids is 1. The summed E-state index contributed by atoms with van der Waals surface area (Å²) in [7, 11) is 1.61. The third-order valence-corrected chi connectivity index (χ3v) is 3.53. The van der Waals surface area contributed by atoms with E-state index in [4.69, 9.17) is 14.2 Å². The van der Waals surface area contributed by atoms with Crippen molar-refractivity contribution in [2.24, 2.45) is 0 Å². The van der Waals surface area contributed by atoms with Crippen molar-refractivity contribution in [3.05, 3.63) is 58.1 Å². The van der Waals surface area contributed by atoms with Gasteiger partial charge in [0.2, 0.25) is 0 Å². The summed E-state index contributed by atoms with van der Waals surface area (Å²) >= 11 is 3.39. The molecule has 116 valence electrons. The van der Waals surface area contributed by atoms with Crippen LogP contribution < -0.4 is 9.47 Å². The Balaban J connectivity index is 2.05. The van der Waals surface area contributed by atoms with Gasteiger partial charge in [0.15, 0.2) is 0 Å². The number of hydrogen-bond acceptors (Lipinski definition) is 4. The first-order valence-electron chi connectivity index (χ1n) is 6.80. The normalized spacial score (nSPS) is 10.3. The predicted molar refractivity (Wildman–Crippen MR) is 87.7 cm³/mol. The van der Waals surface area contributed by atoms with Crippen molar-refractivity contribution in [3.8, 4) is 11.5 Å². The van der Waals surface area contributed by atoms with E-state index >= 15 is 0 Å². The van der Waals surface area contributed by atoms with Crippen molar-refractivity contribution < 1.29 is 19.0 Å². The molecule has 0 aliphatic carbocycles. The minimum Gasteiger partial charge on any atom is -0.490 e. The van der Waals surface area contributed by atoms with E-state index in [9.17, 15) is 4.79 Å². The summed E-state index contributed by atoms with van der Waals surface area (Å²) < 4.78 is 16.5. The molecular formula is C17H17BrO4. The van der Waals surface area contributed by atoms with E-state index in [1.807, 2.05) is 25.1 Å². The Morgan fingerprint density at radius 2 is 1.95 bits per heavy atom. The van der Waals surface area contributed by atoms with E-state index in [1.54, 1.807) is 31.4 Å². The first kappa shape index (κ1) is 16.5. The number of carbonyl (C=O) groups is 1. The molecule has 22 heavy (non-hydrogen) atoms. The van der Waals surface area contributed by atoms with Crippen LogP contribution in [0.4, 0.5) is 0 Å². The molecule has 0 fully saturated rings. The van der Waals surface area contributed by atoms with Crippen LogP contribution in [-0.2, 0) is 4.74 Å². The van der Waals surface area contributed by atoms with Gasteiger partial charge in [0.1, 0.15) is 18.1 Å². The molecular weight excluding hydrogens is 348 g/mol. The number of methoxy groups -OCH3 is 1. The molecule has 0 aliphatic heterocycles. The van der Waals surface area contributed by atoms with Crippen molar-refractivity contribution in [1.29, 1.82) is 0 Å². The molecule has 0 amide bonds. The van der Waals surface area contributed by atoms with Crippen molar-refractivity contribution in [1.82, 2.24) is 0 Å². The Morgan fingerprint density at radius 3 is 2.64 bits per heavy atom. The van der Waals surface area contributed by atoms with Crippen molar-refractivity contribution in [3.63, 3.8) is 0 Å². The number of halogens is 1. The zero-order valence-corrected chi connectivity index (χ0v) is 14.1. The first-order chi connectivity index (χ1) is 10.6. The maximum Gasteiger partial charge on any atom is 0.343 e.